The van der Waals surface area contributed by atoms with Crippen molar-refractivity contribution in [3.8, 4) is 0 Å². The summed E-state index contributed by atoms with van der Waals surface area (Å²) in [5, 5.41) is 1.33. The Balaban J connectivity index is 0.000000224. The first kappa shape index (κ1) is 16.4. The Labute approximate surface area is 126 Å². The van der Waals surface area contributed by atoms with E-state index in [1.807, 2.05) is 6.20 Å². The van der Waals surface area contributed by atoms with E-state index < -0.39 is 6.09 Å². The average molecular weight is 349 g/mol. The van der Waals surface area contributed by atoms with Crippen LogP contribution >= 0.6 is 27.3 Å². The number of halogens is 1. The number of primary amides is 1. The van der Waals surface area contributed by atoms with Gasteiger partial charge in [0.05, 0.1) is 21.1 Å². The molecule has 0 aromatic carbocycles. The van der Waals surface area contributed by atoms with Gasteiger partial charge in [-0.25, -0.2) is 9.78 Å². The predicted octanol–water partition coefficient (Wildman–Crippen LogP) is 4.44. The summed E-state index contributed by atoms with van der Waals surface area (Å²) in [6.07, 6.45) is 8.01. The third-order valence-electron chi connectivity index (χ3n) is 2.80. The van der Waals surface area contributed by atoms with Gasteiger partial charge in [0, 0.05) is 5.92 Å². The van der Waals surface area contributed by atoms with Gasteiger partial charge in [-0.2, -0.15) is 0 Å². The number of carbonyl (C=O) groups is 1. The fourth-order valence-corrected chi connectivity index (χ4v) is 3.45. The second-order valence-electron chi connectivity index (χ2n) is 4.82. The standard InChI is InChI=1S/C9H12BrNS.C4H9NO2/c10-8-6-11-9(12-8)7-4-2-1-3-5-7;1-3(2)7-4(5)6/h6-7H,1-5H2;3H,1-2H3,(H2,5,6). The molecule has 19 heavy (non-hydrogen) atoms. The molecule has 0 spiro atoms. The van der Waals surface area contributed by atoms with Gasteiger partial charge in [0.15, 0.2) is 0 Å². The van der Waals surface area contributed by atoms with E-state index in [1.54, 1.807) is 25.2 Å². The number of rotatable bonds is 2. The molecule has 2 rings (SSSR count). The first-order valence-electron chi connectivity index (χ1n) is 6.56. The first-order valence-corrected chi connectivity index (χ1v) is 8.17. The lowest BCUT2D eigenvalue weighted by molar-refractivity contribution is 0.125. The quantitative estimate of drug-likeness (QED) is 0.858. The van der Waals surface area contributed by atoms with Gasteiger partial charge >= 0.3 is 6.09 Å². The van der Waals surface area contributed by atoms with Crippen LogP contribution in [-0.4, -0.2) is 17.2 Å². The average Bonchev–Trinajstić information content (AvgIpc) is 2.76. The van der Waals surface area contributed by atoms with Gasteiger partial charge < -0.3 is 10.5 Å². The minimum atomic E-state index is -0.713. The maximum Gasteiger partial charge on any atom is 0.404 e. The van der Waals surface area contributed by atoms with Gasteiger partial charge in [0.2, 0.25) is 0 Å². The molecule has 1 fully saturated rings. The molecule has 0 saturated heterocycles. The summed E-state index contributed by atoms with van der Waals surface area (Å²) >= 11 is 5.25. The van der Waals surface area contributed by atoms with Gasteiger partial charge in [-0.15, -0.1) is 11.3 Å². The van der Waals surface area contributed by atoms with Crippen molar-refractivity contribution >= 4 is 33.4 Å². The van der Waals surface area contributed by atoms with Crippen molar-refractivity contribution in [3.63, 3.8) is 0 Å². The smallest absolute Gasteiger partial charge is 0.404 e. The second kappa shape index (κ2) is 8.53. The normalized spacial score (nSPS) is 15.8. The number of hydrogen-bond donors (Lipinski definition) is 1. The van der Waals surface area contributed by atoms with E-state index in [-0.39, 0.29) is 6.10 Å². The minimum absolute atomic E-state index is 0.0995. The molecule has 1 aliphatic rings. The molecule has 0 aliphatic heterocycles. The summed E-state index contributed by atoms with van der Waals surface area (Å²) in [4.78, 5) is 14.2. The van der Waals surface area contributed by atoms with Crippen LogP contribution in [0.15, 0.2) is 9.98 Å². The Hall–Kier alpha value is -0.620. The molecular formula is C13H21BrN2O2S. The third kappa shape index (κ3) is 6.92. The van der Waals surface area contributed by atoms with E-state index >= 15 is 0 Å². The molecule has 0 atom stereocenters. The predicted molar refractivity (Wildman–Crippen MR) is 81.4 cm³/mol. The number of nitrogens with zero attached hydrogens (tertiary/aromatic N) is 1. The van der Waals surface area contributed by atoms with E-state index in [2.05, 4.69) is 31.4 Å². The molecule has 2 N–H and O–H groups in total. The highest BCUT2D eigenvalue weighted by atomic mass is 79.9. The number of thiazole rings is 1. The van der Waals surface area contributed by atoms with Crippen molar-refractivity contribution in [2.75, 3.05) is 0 Å². The fraction of sp³-hybridized carbons (Fsp3) is 0.692. The molecule has 0 radical (unpaired) electrons. The summed E-state index contributed by atoms with van der Waals surface area (Å²) in [6.45, 7) is 3.48. The van der Waals surface area contributed by atoms with Crippen molar-refractivity contribution in [1.82, 2.24) is 4.98 Å². The van der Waals surface area contributed by atoms with Crippen LogP contribution < -0.4 is 5.73 Å². The van der Waals surface area contributed by atoms with Crippen molar-refractivity contribution < 1.29 is 9.53 Å². The molecule has 1 aliphatic carbocycles. The largest absolute Gasteiger partial charge is 0.447 e. The van der Waals surface area contributed by atoms with Crippen molar-refractivity contribution in [2.45, 2.75) is 58.0 Å². The van der Waals surface area contributed by atoms with E-state index in [0.717, 1.165) is 5.92 Å². The van der Waals surface area contributed by atoms with Gasteiger partial charge in [0.25, 0.3) is 0 Å². The number of aromatic nitrogens is 1. The lowest BCUT2D eigenvalue weighted by atomic mass is 9.90. The summed E-state index contributed by atoms with van der Waals surface area (Å²) < 4.78 is 5.56. The van der Waals surface area contributed by atoms with E-state index in [4.69, 9.17) is 0 Å². The molecule has 0 unspecified atom stereocenters. The molecule has 1 aromatic rings. The maximum atomic E-state index is 9.81. The molecular weight excluding hydrogens is 328 g/mol. The van der Waals surface area contributed by atoms with E-state index in [1.165, 1.54) is 40.9 Å². The zero-order chi connectivity index (χ0) is 14.3. The van der Waals surface area contributed by atoms with Crippen LogP contribution in [0.3, 0.4) is 0 Å². The van der Waals surface area contributed by atoms with Gasteiger partial charge in [-0.1, -0.05) is 19.3 Å². The Bertz CT molecular complexity index is 390. The molecule has 0 bridgehead atoms. The summed E-state index contributed by atoms with van der Waals surface area (Å²) in [5.74, 6) is 0.759. The second-order valence-corrected chi connectivity index (χ2v) is 7.26. The van der Waals surface area contributed by atoms with Crippen LogP contribution in [0.4, 0.5) is 4.79 Å². The van der Waals surface area contributed by atoms with Crippen LogP contribution in [0.25, 0.3) is 0 Å². The van der Waals surface area contributed by atoms with Crippen LogP contribution in [-0.2, 0) is 4.74 Å². The lowest BCUT2D eigenvalue weighted by Gasteiger charge is -2.18. The topological polar surface area (TPSA) is 65.2 Å². The molecule has 1 aromatic heterocycles. The molecule has 1 heterocycles. The first-order chi connectivity index (χ1) is 8.99. The molecule has 1 saturated carbocycles. The highest BCUT2D eigenvalue weighted by Gasteiger charge is 2.17. The van der Waals surface area contributed by atoms with Crippen LogP contribution in [0.5, 0.6) is 0 Å². The van der Waals surface area contributed by atoms with Gasteiger partial charge in [-0.3, -0.25) is 0 Å². The molecule has 108 valence electrons. The third-order valence-corrected chi connectivity index (χ3v) is 4.44. The van der Waals surface area contributed by atoms with E-state index in [9.17, 15) is 4.79 Å². The summed E-state index contributed by atoms with van der Waals surface area (Å²) in [6, 6.07) is 0. The van der Waals surface area contributed by atoms with Gasteiger partial charge in [0.1, 0.15) is 0 Å². The van der Waals surface area contributed by atoms with Gasteiger partial charge in [-0.05, 0) is 42.6 Å². The number of amides is 1. The van der Waals surface area contributed by atoms with Crippen molar-refractivity contribution in [1.29, 1.82) is 0 Å². The Morgan fingerprint density at radius 3 is 2.47 bits per heavy atom. The van der Waals surface area contributed by atoms with Crippen molar-refractivity contribution in [3.05, 3.63) is 15.0 Å². The molecule has 1 amide bonds. The maximum absolute atomic E-state index is 9.81. The highest BCUT2D eigenvalue weighted by molar-refractivity contribution is 9.11. The fourth-order valence-electron chi connectivity index (χ4n) is 2.04. The zero-order valence-electron chi connectivity index (χ0n) is 11.4. The number of carbonyl (C=O) groups excluding carboxylic acids is 1. The number of nitrogens with two attached hydrogens (primary N) is 1. The van der Waals surface area contributed by atoms with E-state index in [0.29, 0.717) is 0 Å². The summed E-state index contributed by atoms with van der Waals surface area (Å²) in [5.41, 5.74) is 4.63. The summed E-state index contributed by atoms with van der Waals surface area (Å²) in [7, 11) is 0. The van der Waals surface area contributed by atoms with Crippen LogP contribution in [0.2, 0.25) is 0 Å². The van der Waals surface area contributed by atoms with Crippen LogP contribution in [0, 0.1) is 0 Å². The van der Waals surface area contributed by atoms with Crippen molar-refractivity contribution in [2.24, 2.45) is 5.73 Å². The minimum Gasteiger partial charge on any atom is -0.447 e. The number of hydrogen-bond acceptors (Lipinski definition) is 4. The lowest BCUT2D eigenvalue weighted by Crippen LogP contribution is -2.17. The highest BCUT2D eigenvalue weighted by Crippen LogP contribution is 2.35. The molecule has 4 nitrogen and oxygen atoms in total. The zero-order valence-corrected chi connectivity index (χ0v) is 13.8. The Morgan fingerprint density at radius 2 is 2.11 bits per heavy atom. The Kier molecular flexibility index (Phi) is 7.38. The SMILES string of the molecule is Brc1cnc(C2CCCCC2)s1.CC(C)OC(N)=O. The molecule has 6 heteroatoms. The monoisotopic (exact) mass is 348 g/mol. The Morgan fingerprint density at radius 1 is 1.47 bits per heavy atom. The van der Waals surface area contributed by atoms with Crippen LogP contribution in [0.1, 0.15) is 56.9 Å². The number of ether oxygens (including phenoxy) is 1.